The Morgan fingerprint density at radius 2 is 1.84 bits per heavy atom. The van der Waals surface area contributed by atoms with Gasteiger partial charge in [-0.2, -0.15) is 0 Å². The Morgan fingerprint density at radius 3 is 2.53 bits per heavy atom. The number of nitrogens with one attached hydrogen (secondary N) is 1. The van der Waals surface area contributed by atoms with Crippen LogP contribution in [0.25, 0.3) is 0 Å². The second kappa shape index (κ2) is 5.99. The van der Waals surface area contributed by atoms with E-state index in [0.29, 0.717) is 11.1 Å². The fourth-order valence-electron chi connectivity index (χ4n) is 1.96. The maximum absolute atomic E-state index is 13.9. The zero-order chi connectivity index (χ0) is 14.0. The van der Waals surface area contributed by atoms with E-state index in [1.807, 2.05) is 0 Å². The summed E-state index contributed by atoms with van der Waals surface area (Å²) in [5, 5.41) is 2.96. The van der Waals surface area contributed by atoms with Gasteiger partial charge in [-0.25, -0.2) is 8.78 Å². The third-order valence-corrected chi connectivity index (χ3v) is 3.74. The van der Waals surface area contributed by atoms with Gasteiger partial charge in [0.1, 0.15) is 11.6 Å². The van der Waals surface area contributed by atoms with Gasteiger partial charge in [0, 0.05) is 10.0 Å². The predicted octanol–water partition coefficient (Wildman–Crippen LogP) is 4.69. The van der Waals surface area contributed by atoms with Gasteiger partial charge >= 0.3 is 0 Å². The molecule has 0 aromatic heterocycles. The molecular weight excluding hydrogens is 336 g/mol. The van der Waals surface area contributed by atoms with Crippen LogP contribution in [0.15, 0.2) is 40.9 Å². The molecule has 0 heterocycles. The summed E-state index contributed by atoms with van der Waals surface area (Å²) in [4.78, 5) is 0. The summed E-state index contributed by atoms with van der Waals surface area (Å²) < 4.78 is 28.2. The van der Waals surface area contributed by atoms with Crippen LogP contribution in [-0.4, -0.2) is 7.05 Å². The monoisotopic (exact) mass is 345 g/mol. The predicted molar refractivity (Wildman–Crippen MR) is 76.4 cm³/mol. The van der Waals surface area contributed by atoms with Crippen LogP contribution in [0.4, 0.5) is 8.78 Å². The van der Waals surface area contributed by atoms with Gasteiger partial charge in [0.05, 0.1) is 11.1 Å². The molecule has 0 saturated heterocycles. The lowest BCUT2D eigenvalue weighted by Crippen LogP contribution is -2.19. The molecule has 2 aromatic carbocycles. The molecule has 19 heavy (non-hydrogen) atoms. The first-order valence-electron chi connectivity index (χ1n) is 5.60. The van der Waals surface area contributed by atoms with Crippen molar-refractivity contribution in [1.82, 2.24) is 5.32 Å². The summed E-state index contributed by atoms with van der Waals surface area (Å²) in [7, 11) is 1.67. The van der Waals surface area contributed by atoms with Crippen LogP contribution in [0.1, 0.15) is 17.2 Å². The number of benzene rings is 2. The second-order valence-electron chi connectivity index (χ2n) is 4.03. The Hall–Kier alpha value is -0.970. The van der Waals surface area contributed by atoms with Gasteiger partial charge in [-0.3, -0.25) is 0 Å². The van der Waals surface area contributed by atoms with E-state index in [4.69, 9.17) is 11.6 Å². The van der Waals surface area contributed by atoms with E-state index < -0.39 is 11.9 Å². The van der Waals surface area contributed by atoms with Gasteiger partial charge in [-0.15, -0.1) is 0 Å². The van der Waals surface area contributed by atoms with Crippen molar-refractivity contribution in [2.45, 2.75) is 6.04 Å². The Kier molecular flexibility index (Phi) is 4.55. The van der Waals surface area contributed by atoms with Gasteiger partial charge < -0.3 is 5.32 Å². The van der Waals surface area contributed by atoms with Crippen LogP contribution in [0.2, 0.25) is 5.02 Å². The zero-order valence-corrected chi connectivity index (χ0v) is 12.4. The van der Waals surface area contributed by atoms with Crippen molar-refractivity contribution < 1.29 is 8.78 Å². The summed E-state index contributed by atoms with van der Waals surface area (Å²) in [6.07, 6.45) is 0. The van der Waals surface area contributed by atoms with Gasteiger partial charge in [0.15, 0.2) is 0 Å². The smallest absolute Gasteiger partial charge is 0.142 e. The molecule has 1 N–H and O–H groups in total. The molecular formula is C14H11BrClF2N. The highest BCUT2D eigenvalue weighted by atomic mass is 79.9. The van der Waals surface area contributed by atoms with Crippen molar-refractivity contribution >= 4 is 27.5 Å². The highest BCUT2D eigenvalue weighted by Crippen LogP contribution is 2.32. The molecule has 1 nitrogen and oxygen atoms in total. The van der Waals surface area contributed by atoms with E-state index >= 15 is 0 Å². The van der Waals surface area contributed by atoms with Crippen molar-refractivity contribution in [3.8, 4) is 0 Å². The summed E-state index contributed by atoms with van der Waals surface area (Å²) >= 11 is 9.26. The van der Waals surface area contributed by atoms with Crippen LogP contribution < -0.4 is 5.32 Å². The average Bonchev–Trinajstić information content (AvgIpc) is 2.39. The number of hydrogen-bond acceptors (Lipinski definition) is 1. The van der Waals surface area contributed by atoms with Crippen molar-refractivity contribution in [3.63, 3.8) is 0 Å². The fourth-order valence-corrected chi connectivity index (χ4v) is 2.57. The number of hydrogen-bond donors (Lipinski definition) is 1. The Bertz CT molecular complexity index is 602. The van der Waals surface area contributed by atoms with Gasteiger partial charge in [-0.05, 0) is 36.9 Å². The van der Waals surface area contributed by atoms with Gasteiger partial charge in [0.25, 0.3) is 0 Å². The molecule has 0 saturated carbocycles. The normalized spacial score (nSPS) is 12.5. The molecule has 0 amide bonds. The molecule has 100 valence electrons. The molecule has 5 heteroatoms. The second-order valence-corrected chi connectivity index (χ2v) is 5.32. The van der Waals surface area contributed by atoms with Crippen LogP contribution in [0, 0.1) is 11.6 Å². The maximum atomic E-state index is 13.9. The van der Waals surface area contributed by atoms with Crippen molar-refractivity contribution in [1.29, 1.82) is 0 Å². The van der Waals surface area contributed by atoms with E-state index in [2.05, 4.69) is 21.2 Å². The molecule has 0 aliphatic carbocycles. The lowest BCUT2D eigenvalue weighted by atomic mass is 9.98. The molecule has 1 atom stereocenters. The molecule has 0 spiro atoms. The maximum Gasteiger partial charge on any atom is 0.142 e. The molecule has 0 fully saturated rings. The highest BCUT2D eigenvalue weighted by Gasteiger charge is 2.20. The van der Waals surface area contributed by atoms with E-state index in [-0.39, 0.29) is 10.8 Å². The molecule has 2 rings (SSSR count). The van der Waals surface area contributed by atoms with Crippen LogP contribution in [0.3, 0.4) is 0 Å². The first-order valence-corrected chi connectivity index (χ1v) is 6.77. The quantitative estimate of drug-likeness (QED) is 0.850. The van der Waals surface area contributed by atoms with E-state index in [0.717, 1.165) is 4.47 Å². The SMILES string of the molecule is CNC(c1cc(Br)ccc1F)c1cccc(F)c1Cl. The summed E-state index contributed by atoms with van der Waals surface area (Å²) in [6.45, 7) is 0. The third kappa shape index (κ3) is 2.96. The first-order chi connectivity index (χ1) is 9.04. The Morgan fingerprint density at radius 1 is 1.11 bits per heavy atom. The lowest BCUT2D eigenvalue weighted by Gasteiger charge is -2.19. The molecule has 0 radical (unpaired) electrons. The summed E-state index contributed by atoms with van der Waals surface area (Å²) in [6, 6.07) is 8.60. The molecule has 0 aliphatic heterocycles. The molecule has 0 bridgehead atoms. The van der Waals surface area contributed by atoms with Crippen LogP contribution >= 0.6 is 27.5 Å². The highest BCUT2D eigenvalue weighted by molar-refractivity contribution is 9.10. The standard InChI is InChI=1S/C14H11BrClF2N/c1-19-14(9-3-2-4-12(18)13(9)16)10-7-8(15)5-6-11(10)17/h2-7,14,19H,1H3. The van der Waals surface area contributed by atoms with E-state index in [9.17, 15) is 8.78 Å². The van der Waals surface area contributed by atoms with Crippen molar-refractivity contribution in [3.05, 3.63) is 68.7 Å². The Balaban J connectivity index is 2.56. The summed E-state index contributed by atoms with van der Waals surface area (Å²) in [5.74, 6) is -0.891. The van der Waals surface area contributed by atoms with Crippen molar-refractivity contribution in [2.75, 3.05) is 7.05 Å². The minimum absolute atomic E-state index is 0.00113. The molecule has 1 unspecified atom stereocenters. The van der Waals surface area contributed by atoms with Crippen LogP contribution in [-0.2, 0) is 0 Å². The molecule has 2 aromatic rings. The lowest BCUT2D eigenvalue weighted by molar-refractivity contribution is 0.571. The minimum Gasteiger partial charge on any atom is -0.309 e. The van der Waals surface area contributed by atoms with Crippen LogP contribution in [0.5, 0.6) is 0 Å². The average molecular weight is 347 g/mol. The first kappa shape index (κ1) is 14.4. The largest absolute Gasteiger partial charge is 0.309 e. The van der Waals surface area contributed by atoms with Gasteiger partial charge in [0.2, 0.25) is 0 Å². The van der Waals surface area contributed by atoms with E-state index in [1.165, 1.54) is 12.1 Å². The van der Waals surface area contributed by atoms with Crippen molar-refractivity contribution in [2.24, 2.45) is 0 Å². The fraction of sp³-hybridized carbons (Fsp3) is 0.143. The number of halogens is 4. The zero-order valence-electron chi connectivity index (χ0n) is 10.1. The van der Waals surface area contributed by atoms with Gasteiger partial charge in [-0.1, -0.05) is 39.7 Å². The minimum atomic E-state index is -0.519. The third-order valence-electron chi connectivity index (χ3n) is 2.85. The summed E-state index contributed by atoms with van der Waals surface area (Å²) in [5.41, 5.74) is 0.908. The number of rotatable bonds is 3. The Labute approximate surface area is 123 Å². The van der Waals surface area contributed by atoms with E-state index in [1.54, 1.807) is 31.3 Å². The molecule has 0 aliphatic rings. The topological polar surface area (TPSA) is 12.0 Å².